The molecule has 32 heavy (non-hydrogen) atoms. The molecule has 7 heteroatoms. The molecule has 3 heterocycles. The van der Waals surface area contributed by atoms with Gasteiger partial charge >= 0.3 is 0 Å². The summed E-state index contributed by atoms with van der Waals surface area (Å²) in [5.74, 6) is 0.758. The third-order valence-electron chi connectivity index (χ3n) is 5.10. The summed E-state index contributed by atoms with van der Waals surface area (Å²) in [7, 11) is 1.59. The maximum Gasteiger partial charge on any atom is 0.248 e. The quantitative estimate of drug-likeness (QED) is 0.312. The fourth-order valence-electron chi connectivity index (χ4n) is 3.52. The van der Waals surface area contributed by atoms with Crippen molar-refractivity contribution in [3.63, 3.8) is 0 Å². The van der Waals surface area contributed by atoms with Gasteiger partial charge in [0.2, 0.25) is 11.8 Å². The Morgan fingerprint density at radius 3 is 2.59 bits per heavy atom. The molecule has 0 aromatic carbocycles. The molecule has 166 valence electrons. The lowest BCUT2D eigenvalue weighted by Crippen LogP contribution is -2.36. The fraction of sp³-hybridized carbons (Fsp3) is 0.280. The average molecular weight is 432 g/mol. The van der Waals surface area contributed by atoms with E-state index < -0.39 is 0 Å². The van der Waals surface area contributed by atoms with Gasteiger partial charge in [0.05, 0.1) is 7.11 Å². The number of hydrogen-bond donors (Lipinski definition) is 2. The second kappa shape index (κ2) is 10.0. The molecule has 2 N–H and O–H groups in total. The third kappa shape index (κ3) is 5.69. The first-order valence-corrected chi connectivity index (χ1v) is 10.4. The van der Waals surface area contributed by atoms with Gasteiger partial charge in [-0.3, -0.25) is 15.2 Å². The van der Waals surface area contributed by atoms with Crippen molar-refractivity contribution in [1.29, 1.82) is 5.41 Å². The van der Waals surface area contributed by atoms with Crippen molar-refractivity contribution in [2.45, 2.75) is 33.7 Å². The Hall–Kier alpha value is -3.74. The molecule has 1 amide bonds. The van der Waals surface area contributed by atoms with Crippen LogP contribution in [0.5, 0.6) is 5.88 Å². The minimum absolute atomic E-state index is 0.218. The van der Waals surface area contributed by atoms with Crippen LogP contribution in [0, 0.1) is 5.41 Å². The highest BCUT2D eigenvalue weighted by Crippen LogP contribution is 2.26. The van der Waals surface area contributed by atoms with Crippen LogP contribution in [0.3, 0.4) is 0 Å². The number of fused-ring (bicyclic) bond motifs is 1. The zero-order valence-corrected chi connectivity index (χ0v) is 19.0. The zero-order chi connectivity index (χ0) is 23.3. The van der Waals surface area contributed by atoms with E-state index in [0.717, 1.165) is 40.0 Å². The molecule has 0 unspecified atom stereocenters. The van der Waals surface area contributed by atoms with Crippen LogP contribution in [0.4, 0.5) is 0 Å². The average Bonchev–Trinajstić information content (AvgIpc) is 2.77. The van der Waals surface area contributed by atoms with Crippen LogP contribution < -0.4 is 10.1 Å². The first-order valence-electron chi connectivity index (χ1n) is 10.4. The number of amidine groups is 1. The van der Waals surface area contributed by atoms with E-state index in [1.54, 1.807) is 19.4 Å². The molecule has 2 aromatic rings. The highest BCUT2D eigenvalue weighted by molar-refractivity contribution is 5.96. The van der Waals surface area contributed by atoms with Crippen molar-refractivity contribution >= 4 is 11.7 Å². The van der Waals surface area contributed by atoms with Gasteiger partial charge in [-0.1, -0.05) is 12.2 Å². The highest BCUT2D eigenvalue weighted by Gasteiger charge is 2.21. The van der Waals surface area contributed by atoms with Crippen molar-refractivity contribution in [1.82, 2.24) is 20.2 Å². The lowest BCUT2D eigenvalue weighted by Gasteiger charge is -2.31. The summed E-state index contributed by atoms with van der Waals surface area (Å²) in [6, 6.07) is 5.90. The number of carbonyl (C=O) groups excluding carboxylic acids is 1. The van der Waals surface area contributed by atoms with E-state index in [9.17, 15) is 4.79 Å². The van der Waals surface area contributed by atoms with Gasteiger partial charge in [0.1, 0.15) is 5.84 Å². The minimum atomic E-state index is -0.218. The Morgan fingerprint density at radius 1 is 1.19 bits per heavy atom. The normalized spacial score (nSPS) is 13.1. The molecule has 0 fully saturated rings. The number of hydrogen-bond acceptors (Lipinski definition) is 5. The maximum atomic E-state index is 11.9. The van der Waals surface area contributed by atoms with Crippen LogP contribution in [0.15, 0.2) is 66.2 Å². The van der Waals surface area contributed by atoms with Crippen LogP contribution in [0.1, 0.15) is 32.0 Å². The Kier molecular flexibility index (Phi) is 7.20. The predicted octanol–water partition coefficient (Wildman–Crippen LogP) is 4.03. The van der Waals surface area contributed by atoms with Crippen LogP contribution >= 0.6 is 0 Å². The molecule has 0 aliphatic carbocycles. The summed E-state index contributed by atoms with van der Waals surface area (Å²) in [5, 5.41) is 11.4. The summed E-state index contributed by atoms with van der Waals surface area (Å²) in [6.07, 6.45) is 7.65. The number of allylic oxidation sites excluding steroid dienone is 2. The van der Waals surface area contributed by atoms with Crippen molar-refractivity contribution in [3.8, 4) is 17.0 Å². The van der Waals surface area contributed by atoms with E-state index >= 15 is 0 Å². The van der Waals surface area contributed by atoms with E-state index in [-0.39, 0.29) is 5.91 Å². The van der Waals surface area contributed by atoms with Gasteiger partial charge in [-0.05, 0) is 50.1 Å². The number of pyridine rings is 2. The van der Waals surface area contributed by atoms with E-state index in [1.807, 2.05) is 44.0 Å². The second-order valence-corrected chi connectivity index (χ2v) is 8.00. The molecule has 2 aromatic heterocycles. The molecule has 0 spiro atoms. The van der Waals surface area contributed by atoms with Crippen LogP contribution in [0.2, 0.25) is 0 Å². The number of nitrogens with zero attached hydrogens (tertiary/aromatic N) is 3. The van der Waals surface area contributed by atoms with Crippen LogP contribution in [-0.4, -0.2) is 40.3 Å². The highest BCUT2D eigenvalue weighted by atomic mass is 16.5. The van der Waals surface area contributed by atoms with Crippen molar-refractivity contribution in [3.05, 3.63) is 77.4 Å². The number of aromatic nitrogens is 2. The fourth-order valence-corrected chi connectivity index (χ4v) is 3.52. The summed E-state index contributed by atoms with van der Waals surface area (Å²) in [6.45, 7) is 10.8. The number of nitrogens with one attached hydrogen (secondary N) is 2. The number of ether oxygens (including phenoxy) is 1. The van der Waals surface area contributed by atoms with Crippen molar-refractivity contribution in [2.24, 2.45) is 0 Å². The SMILES string of the molecule is C=C(/C=C(/C)C(=N)N1CCc2ncc(-c3ccc(OC)nc3)cc2C1)NC(=O)C=C(C)C. The minimum Gasteiger partial charge on any atom is -0.481 e. The number of amides is 1. The Balaban J connectivity index is 1.71. The van der Waals surface area contributed by atoms with Gasteiger partial charge in [0, 0.05) is 66.6 Å². The van der Waals surface area contributed by atoms with E-state index in [2.05, 4.69) is 27.9 Å². The van der Waals surface area contributed by atoms with E-state index in [0.29, 0.717) is 30.5 Å². The molecule has 1 aliphatic heterocycles. The smallest absolute Gasteiger partial charge is 0.248 e. The molecular formula is C25H29N5O2. The molecule has 0 atom stereocenters. The van der Waals surface area contributed by atoms with E-state index in [1.165, 1.54) is 6.08 Å². The molecule has 3 rings (SSSR count). The molecule has 0 saturated heterocycles. The molecule has 0 saturated carbocycles. The third-order valence-corrected chi connectivity index (χ3v) is 5.10. The standard InChI is InChI=1S/C25H29N5O2/c1-16(2)10-23(31)29-18(4)11-17(3)25(26)30-9-8-22-21(15-30)12-20(14-27-22)19-6-7-24(32-5)28-13-19/h6-7,10-14,26H,4,8-9,15H2,1-3,5H3,(H,29,31)/b17-11-,26-25?. The first-order chi connectivity index (χ1) is 15.3. The topological polar surface area (TPSA) is 91.2 Å². The second-order valence-electron chi connectivity index (χ2n) is 8.00. The van der Waals surface area contributed by atoms with Gasteiger partial charge in [0.25, 0.3) is 0 Å². The largest absolute Gasteiger partial charge is 0.481 e. The predicted molar refractivity (Wildman–Crippen MR) is 126 cm³/mol. The number of carbonyl (C=O) groups is 1. The van der Waals surface area contributed by atoms with E-state index in [4.69, 9.17) is 10.1 Å². The van der Waals surface area contributed by atoms with Crippen LogP contribution in [-0.2, 0) is 17.8 Å². The van der Waals surface area contributed by atoms with Gasteiger partial charge in [-0.25, -0.2) is 4.98 Å². The number of methoxy groups -OCH3 is 1. The van der Waals surface area contributed by atoms with Gasteiger partial charge in [-0.15, -0.1) is 0 Å². The lowest BCUT2D eigenvalue weighted by atomic mass is 10.0. The van der Waals surface area contributed by atoms with Crippen LogP contribution in [0.25, 0.3) is 11.1 Å². The summed E-state index contributed by atoms with van der Waals surface area (Å²) in [4.78, 5) is 22.8. The summed E-state index contributed by atoms with van der Waals surface area (Å²) in [5.41, 5.74) is 6.21. The monoisotopic (exact) mass is 431 g/mol. The zero-order valence-electron chi connectivity index (χ0n) is 19.0. The molecular weight excluding hydrogens is 402 g/mol. The number of rotatable bonds is 6. The summed E-state index contributed by atoms with van der Waals surface area (Å²) < 4.78 is 5.13. The van der Waals surface area contributed by atoms with Crippen molar-refractivity contribution in [2.75, 3.05) is 13.7 Å². The van der Waals surface area contributed by atoms with Gasteiger partial charge in [0.15, 0.2) is 0 Å². The van der Waals surface area contributed by atoms with Gasteiger partial charge in [-0.2, -0.15) is 0 Å². The Bertz CT molecular complexity index is 1100. The molecule has 1 aliphatic rings. The Labute approximate surface area is 189 Å². The lowest BCUT2D eigenvalue weighted by molar-refractivity contribution is -0.115. The first kappa shape index (κ1) is 22.9. The van der Waals surface area contributed by atoms with Gasteiger partial charge < -0.3 is 15.0 Å². The summed E-state index contributed by atoms with van der Waals surface area (Å²) >= 11 is 0. The maximum absolute atomic E-state index is 11.9. The Morgan fingerprint density at radius 2 is 1.94 bits per heavy atom. The molecule has 0 radical (unpaired) electrons. The molecule has 7 nitrogen and oxygen atoms in total. The van der Waals surface area contributed by atoms with Crippen molar-refractivity contribution < 1.29 is 9.53 Å². The molecule has 0 bridgehead atoms.